The number of pyridine rings is 1. The molecule has 7 heteroatoms. The molecule has 2 heterocycles. The molecule has 0 bridgehead atoms. The molecule has 0 spiro atoms. The number of imidazole rings is 1. The average Bonchev–Trinajstić information content (AvgIpc) is 3.34. The smallest absolute Gasteiger partial charge is 0.310 e. The minimum absolute atomic E-state index is 0.0226. The molecule has 6 nitrogen and oxygen atoms in total. The summed E-state index contributed by atoms with van der Waals surface area (Å²) in [6, 6.07) is 26.4. The fourth-order valence-corrected chi connectivity index (χ4v) is 5.80. The lowest BCUT2D eigenvalue weighted by atomic mass is 10.1. The number of esters is 1. The highest BCUT2D eigenvalue weighted by Gasteiger charge is 2.65. The molecule has 2 atom stereocenters. The fraction of sp³-hybridized carbons (Fsp3) is 0.281. The van der Waals surface area contributed by atoms with Crippen molar-refractivity contribution in [3.05, 3.63) is 100 Å². The third-order valence-corrected chi connectivity index (χ3v) is 8.22. The van der Waals surface area contributed by atoms with Crippen LogP contribution in [-0.2, 0) is 22.7 Å². The summed E-state index contributed by atoms with van der Waals surface area (Å²) >= 11 is 3.53. The quantitative estimate of drug-likeness (QED) is 0.180. The van der Waals surface area contributed by atoms with Crippen LogP contribution in [0.1, 0.15) is 43.8 Å². The molecule has 1 aliphatic rings. The summed E-state index contributed by atoms with van der Waals surface area (Å²) in [7, 11) is 0. The Kier molecular flexibility index (Phi) is 6.63. The first-order valence-corrected chi connectivity index (χ1v) is 14.0. The molecule has 3 aromatic carbocycles. The number of aromatic nitrogens is 3. The molecule has 1 saturated carbocycles. The number of carbonyl (C=O) groups excluding carboxylic acids is 1. The summed E-state index contributed by atoms with van der Waals surface area (Å²) in [4.78, 5) is 22.6. The van der Waals surface area contributed by atoms with Crippen LogP contribution in [0.2, 0.25) is 0 Å². The summed E-state index contributed by atoms with van der Waals surface area (Å²) in [5.74, 6) is 1.25. The Labute approximate surface area is 236 Å². The molecule has 0 N–H and O–H groups in total. The van der Waals surface area contributed by atoms with Crippen molar-refractivity contribution in [2.24, 2.45) is 11.3 Å². The topological polar surface area (TPSA) is 66.2 Å². The largest absolute Gasteiger partial charge is 0.487 e. The van der Waals surface area contributed by atoms with Gasteiger partial charge in [-0.1, -0.05) is 66.2 Å². The number of benzene rings is 3. The molecule has 0 radical (unpaired) electrons. The van der Waals surface area contributed by atoms with Crippen LogP contribution in [0.4, 0.5) is 0 Å². The number of rotatable bonds is 8. The molecule has 1 fully saturated rings. The molecule has 2 aromatic heterocycles. The molecule has 0 unspecified atom stereocenters. The van der Waals surface area contributed by atoms with Crippen LogP contribution in [0, 0.1) is 11.3 Å². The minimum Gasteiger partial charge on any atom is -0.487 e. The van der Waals surface area contributed by atoms with E-state index >= 15 is 0 Å². The molecule has 1 aliphatic carbocycles. The van der Waals surface area contributed by atoms with E-state index < -0.39 is 0 Å². The lowest BCUT2D eigenvalue weighted by molar-refractivity contribution is -0.145. The van der Waals surface area contributed by atoms with Crippen LogP contribution < -0.4 is 4.74 Å². The highest BCUT2D eigenvalue weighted by molar-refractivity contribution is 9.10. The van der Waals surface area contributed by atoms with Crippen LogP contribution in [0.15, 0.2) is 83.3 Å². The molecular formula is C32H30BrN3O3. The van der Waals surface area contributed by atoms with Crippen molar-refractivity contribution >= 4 is 43.8 Å². The summed E-state index contributed by atoms with van der Waals surface area (Å²) in [5, 5.41) is 1.11. The van der Waals surface area contributed by atoms with Crippen molar-refractivity contribution in [3.63, 3.8) is 0 Å². The van der Waals surface area contributed by atoms with Gasteiger partial charge in [0, 0.05) is 28.4 Å². The van der Waals surface area contributed by atoms with Gasteiger partial charge in [-0.15, -0.1) is 0 Å². The Morgan fingerprint density at radius 3 is 2.56 bits per heavy atom. The van der Waals surface area contributed by atoms with Crippen LogP contribution in [0.3, 0.4) is 0 Å². The molecule has 39 heavy (non-hydrogen) atoms. The number of halogens is 1. The van der Waals surface area contributed by atoms with Gasteiger partial charge in [0.05, 0.1) is 34.8 Å². The van der Waals surface area contributed by atoms with Crippen molar-refractivity contribution in [3.8, 4) is 5.75 Å². The summed E-state index contributed by atoms with van der Waals surface area (Å²) in [6.07, 6.45) is 0. The normalized spacial score (nSPS) is 17.8. The molecule has 6 rings (SSSR count). The van der Waals surface area contributed by atoms with E-state index in [1.54, 1.807) is 0 Å². The van der Waals surface area contributed by atoms with E-state index in [1.807, 2.05) is 55.5 Å². The van der Waals surface area contributed by atoms with Gasteiger partial charge >= 0.3 is 5.97 Å². The SMILES string of the molecule is CCOC(=O)[C@H]1[C@@H](c2nc3cc(OCc4ccc5ccccc5n4)ccc3n2Cc2ccc(Br)cc2)C1(C)C. The van der Waals surface area contributed by atoms with E-state index in [4.69, 9.17) is 19.4 Å². The van der Waals surface area contributed by atoms with E-state index in [0.29, 0.717) is 19.8 Å². The van der Waals surface area contributed by atoms with Crippen molar-refractivity contribution in [2.75, 3.05) is 6.61 Å². The summed E-state index contributed by atoms with van der Waals surface area (Å²) in [6.45, 7) is 7.48. The van der Waals surface area contributed by atoms with Gasteiger partial charge in [0.25, 0.3) is 0 Å². The molecule has 0 saturated heterocycles. The van der Waals surface area contributed by atoms with Gasteiger partial charge in [0.1, 0.15) is 18.2 Å². The fourth-order valence-electron chi connectivity index (χ4n) is 5.53. The Balaban J connectivity index is 1.32. The summed E-state index contributed by atoms with van der Waals surface area (Å²) in [5.41, 5.74) is 4.60. The Morgan fingerprint density at radius 2 is 1.77 bits per heavy atom. The maximum atomic E-state index is 12.8. The number of nitrogens with zero attached hydrogens (tertiary/aromatic N) is 3. The van der Waals surface area contributed by atoms with E-state index in [0.717, 1.165) is 49.2 Å². The average molecular weight is 585 g/mol. The maximum Gasteiger partial charge on any atom is 0.310 e. The number of fused-ring (bicyclic) bond motifs is 2. The zero-order valence-corrected chi connectivity index (χ0v) is 23.8. The highest BCUT2D eigenvalue weighted by atomic mass is 79.9. The predicted molar refractivity (Wildman–Crippen MR) is 156 cm³/mol. The molecule has 0 amide bonds. The van der Waals surface area contributed by atoms with Gasteiger partial charge in [-0.25, -0.2) is 9.97 Å². The van der Waals surface area contributed by atoms with E-state index in [1.165, 1.54) is 0 Å². The zero-order valence-electron chi connectivity index (χ0n) is 22.2. The molecule has 198 valence electrons. The van der Waals surface area contributed by atoms with Gasteiger partial charge < -0.3 is 14.0 Å². The maximum absolute atomic E-state index is 12.8. The third kappa shape index (κ3) is 4.91. The van der Waals surface area contributed by atoms with E-state index in [9.17, 15) is 4.79 Å². The first-order valence-electron chi connectivity index (χ1n) is 13.2. The van der Waals surface area contributed by atoms with Gasteiger partial charge in [-0.3, -0.25) is 4.79 Å². The Bertz CT molecular complexity index is 1680. The first kappa shape index (κ1) is 25.6. The second-order valence-electron chi connectivity index (χ2n) is 10.6. The van der Waals surface area contributed by atoms with Gasteiger partial charge in [-0.05, 0) is 54.3 Å². The number of ether oxygens (including phenoxy) is 2. The highest BCUT2D eigenvalue weighted by Crippen LogP contribution is 2.64. The van der Waals surface area contributed by atoms with Crippen molar-refractivity contribution in [1.82, 2.24) is 14.5 Å². The van der Waals surface area contributed by atoms with E-state index in [2.05, 4.69) is 64.7 Å². The van der Waals surface area contributed by atoms with Crippen molar-refractivity contribution < 1.29 is 14.3 Å². The molecular weight excluding hydrogens is 554 g/mol. The Hall–Kier alpha value is -3.71. The number of hydrogen-bond donors (Lipinski definition) is 0. The summed E-state index contributed by atoms with van der Waals surface area (Å²) < 4.78 is 14.8. The van der Waals surface area contributed by atoms with Crippen LogP contribution in [0.5, 0.6) is 5.75 Å². The zero-order chi connectivity index (χ0) is 27.1. The first-order chi connectivity index (χ1) is 18.8. The van der Waals surface area contributed by atoms with Crippen molar-refractivity contribution in [1.29, 1.82) is 0 Å². The number of hydrogen-bond acceptors (Lipinski definition) is 5. The van der Waals surface area contributed by atoms with Gasteiger partial charge in [0.2, 0.25) is 0 Å². The minimum atomic E-state index is -0.230. The number of carbonyl (C=O) groups is 1. The lowest BCUT2D eigenvalue weighted by Crippen LogP contribution is -2.11. The Morgan fingerprint density at radius 1 is 0.974 bits per heavy atom. The van der Waals surface area contributed by atoms with Crippen molar-refractivity contribution in [2.45, 2.75) is 39.8 Å². The second-order valence-corrected chi connectivity index (χ2v) is 11.6. The van der Waals surface area contributed by atoms with Crippen LogP contribution in [-0.4, -0.2) is 27.1 Å². The second kappa shape index (κ2) is 10.1. The van der Waals surface area contributed by atoms with Gasteiger partial charge in [0.15, 0.2) is 0 Å². The number of para-hydroxylation sites is 1. The standard InChI is InChI=1S/C32H30BrN3O3/c1-4-38-31(37)29-28(32(29,2)3)30-35-26-17-24(39-19-23-14-11-21-7-5-6-8-25(21)34-23)15-16-27(26)36(30)18-20-9-12-22(33)13-10-20/h5-17,28-29H,4,18-19H2,1-3H3/t28-,29+/m0/s1. The molecule has 5 aromatic rings. The lowest BCUT2D eigenvalue weighted by Gasteiger charge is -2.11. The van der Waals surface area contributed by atoms with Crippen LogP contribution >= 0.6 is 15.9 Å². The van der Waals surface area contributed by atoms with E-state index in [-0.39, 0.29) is 23.2 Å². The van der Waals surface area contributed by atoms with Gasteiger partial charge in [-0.2, -0.15) is 0 Å². The molecule has 0 aliphatic heterocycles. The monoisotopic (exact) mass is 583 g/mol. The third-order valence-electron chi connectivity index (χ3n) is 7.69. The van der Waals surface area contributed by atoms with Crippen LogP contribution in [0.25, 0.3) is 21.9 Å². The predicted octanol–water partition coefficient (Wildman–Crippen LogP) is 7.28.